The van der Waals surface area contributed by atoms with Crippen molar-refractivity contribution in [2.45, 2.75) is 19.5 Å². The number of aromatic nitrogens is 3. The SMILES string of the molecule is c1ccc(Cn2cncc2CCNCc2ccc(-c3ccccc3)nc2)cc1. The van der Waals surface area contributed by atoms with Crippen LogP contribution in [0.1, 0.15) is 16.8 Å². The van der Waals surface area contributed by atoms with Gasteiger partial charge in [-0.3, -0.25) is 4.98 Å². The van der Waals surface area contributed by atoms with Crippen LogP contribution in [0.2, 0.25) is 0 Å². The van der Waals surface area contributed by atoms with Crippen LogP contribution in [0.4, 0.5) is 0 Å². The molecule has 0 saturated heterocycles. The van der Waals surface area contributed by atoms with Crippen LogP contribution in [-0.2, 0) is 19.5 Å². The summed E-state index contributed by atoms with van der Waals surface area (Å²) in [4.78, 5) is 8.90. The standard InChI is InChI=1S/C24H24N4/c1-3-7-20(8-4-1)18-28-19-26-17-23(28)13-14-25-15-21-11-12-24(27-16-21)22-9-5-2-6-10-22/h1-12,16-17,19,25H,13-15,18H2. The molecular weight excluding hydrogens is 344 g/mol. The predicted octanol–water partition coefficient (Wildman–Crippen LogP) is 4.33. The van der Waals surface area contributed by atoms with E-state index in [4.69, 9.17) is 0 Å². The molecule has 0 bridgehead atoms. The van der Waals surface area contributed by atoms with Gasteiger partial charge in [0.1, 0.15) is 0 Å². The molecule has 4 rings (SSSR count). The number of pyridine rings is 1. The van der Waals surface area contributed by atoms with Gasteiger partial charge in [-0.15, -0.1) is 0 Å². The van der Waals surface area contributed by atoms with Gasteiger partial charge in [0.2, 0.25) is 0 Å². The molecule has 0 aliphatic rings. The van der Waals surface area contributed by atoms with Crippen LogP contribution in [-0.4, -0.2) is 21.1 Å². The van der Waals surface area contributed by atoms with Crippen LogP contribution in [0.15, 0.2) is 91.5 Å². The number of imidazole rings is 1. The monoisotopic (exact) mass is 368 g/mol. The second-order valence-corrected chi connectivity index (χ2v) is 6.84. The Morgan fingerprint density at radius 3 is 2.32 bits per heavy atom. The van der Waals surface area contributed by atoms with Gasteiger partial charge < -0.3 is 9.88 Å². The summed E-state index contributed by atoms with van der Waals surface area (Å²) in [6.45, 7) is 2.58. The lowest BCUT2D eigenvalue weighted by Gasteiger charge is -2.09. The number of nitrogens with zero attached hydrogens (tertiary/aromatic N) is 3. The van der Waals surface area contributed by atoms with E-state index in [1.165, 1.54) is 16.8 Å². The summed E-state index contributed by atoms with van der Waals surface area (Å²) in [7, 11) is 0. The van der Waals surface area contributed by atoms with E-state index >= 15 is 0 Å². The third kappa shape index (κ3) is 4.72. The molecule has 4 nitrogen and oxygen atoms in total. The molecule has 0 atom stereocenters. The van der Waals surface area contributed by atoms with E-state index in [1.807, 2.05) is 43.0 Å². The van der Waals surface area contributed by atoms with E-state index in [9.17, 15) is 0 Å². The number of hydrogen-bond donors (Lipinski definition) is 1. The van der Waals surface area contributed by atoms with Crippen molar-refractivity contribution in [3.63, 3.8) is 0 Å². The van der Waals surface area contributed by atoms with Crippen molar-refractivity contribution in [2.75, 3.05) is 6.54 Å². The summed E-state index contributed by atoms with van der Waals surface area (Å²) >= 11 is 0. The minimum atomic E-state index is 0.814. The van der Waals surface area contributed by atoms with Crippen molar-refractivity contribution in [3.8, 4) is 11.3 Å². The lowest BCUT2D eigenvalue weighted by molar-refractivity contribution is 0.651. The van der Waals surface area contributed by atoms with E-state index < -0.39 is 0 Å². The summed E-state index contributed by atoms with van der Waals surface area (Å²) < 4.78 is 2.22. The molecule has 2 aromatic heterocycles. The van der Waals surface area contributed by atoms with Crippen molar-refractivity contribution in [1.82, 2.24) is 19.9 Å². The maximum absolute atomic E-state index is 4.58. The first-order chi connectivity index (χ1) is 13.9. The van der Waals surface area contributed by atoms with Crippen molar-refractivity contribution in [1.29, 1.82) is 0 Å². The predicted molar refractivity (Wildman–Crippen MR) is 113 cm³/mol. The second-order valence-electron chi connectivity index (χ2n) is 6.84. The molecule has 0 aliphatic carbocycles. The first-order valence-electron chi connectivity index (χ1n) is 9.62. The van der Waals surface area contributed by atoms with E-state index in [-0.39, 0.29) is 0 Å². The van der Waals surface area contributed by atoms with Crippen molar-refractivity contribution in [2.24, 2.45) is 0 Å². The van der Waals surface area contributed by atoms with Gasteiger partial charge in [-0.1, -0.05) is 66.7 Å². The Hall–Kier alpha value is -3.24. The average Bonchev–Trinajstić information content (AvgIpc) is 3.20. The third-order valence-corrected chi connectivity index (χ3v) is 4.78. The largest absolute Gasteiger partial charge is 0.330 e. The number of rotatable bonds is 8. The molecular formula is C24H24N4. The Morgan fingerprint density at radius 1 is 0.786 bits per heavy atom. The molecule has 0 fully saturated rings. The highest BCUT2D eigenvalue weighted by molar-refractivity contribution is 5.58. The zero-order valence-electron chi connectivity index (χ0n) is 15.8. The van der Waals surface area contributed by atoms with Gasteiger partial charge in [-0.25, -0.2) is 4.98 Å². The second kappa shape index (κ2) is 9.11. The Morgan fingerprint density at radius 2 is 1.57 bits per heavy atom. The zero-order valence-corrected chi connectivity index (χ0v) is 15.8. The maximum Gasteiger partial charge on any atom is 0.0951 e. The van der Waals surface area contributed by atoms with Gasteiger partial charge in [0.25, 0.3) is 0 Å². The first kappa shape index (κ1) is 18.1. The maximum atomic E-state index is 4.58. The Bertz CT molecular complexity index is 976. The topological polar surface area (TPSA) is 42.7 Å². The third-order valence-electron chi connectivity index (χ3n) is 4.78. The van der Waals surface area contributed by atoms with Gasteiger partial charge in [-0.2, -0.15) is 0 Å². The fourth-order valence-corrected chi connectivity index (χ4v) is 3.24. The van der Waals surface area contributed by atoms with Gasteiger partial charge in [0.05, 0.1) is 12.0 Å². The molecule has 28 heavy (non-hydrogen) atoms. The molecule has 0 radical (unpaired) electrons. The van der Waals surface area contributed by atoms with Crippen LogP contribution in [0.25, 0.3) is 11.3 Å². The Balaban J connectivity index is 1.27. The quantitative estimate of drug-likeness (QED) is 0.471. The molecule has 0 spiro atoms. The van der Waals surface area contributed by atoms with Crippen molar-refractivity contribution < 1.29 is 0 Å². The van der Waals surface area contributed by atoms with Gasteiger partial charge in [0.15, 0.2) is 0 Å². The zero-order chi connectivity index (χ0) is 19.0. The number of hydrogen-bond acceptors (Lipinski definition) is 3. The van der Waals surface area contributed by atoms with Crippen LogP contribution < -0.4 is 5.32 Å². The molecule has 2 aromatic carbocycles. The number of nitrogens with one attached hydrogen (secondary N) is 1. The lowest BCUT2D eigenvalue weighted by Crippen LogP contribution is -2.18. The molecule has 0 unspecified atom stereocenters. The lowest BCUT2D eigenvalue weighted by atomic mass is 10.1. The molecule has 2 heterocycles. The molecule has 4 aromatic rings. The van der Waals surface area contributed by atoms with Crippen LogP contribution in [0.5, 0.6) is 0 Å². The average molecular weight is 368 g/mol. The Kier molecular flexibility index (Phi) is 5.90. The fourth-order valence-electron chi connectivity index (χ4n) is 3.24. The summed E-state index contributed by atoms with van der Waals surface area (Å²) in [6, 6.07) is 25.0. The van der Waals surface area contributed by atoms with E-state index in [2.05, 4.69) is 68.4 Å². The molecule has 1 N–H and O–H groups in total. The molecule has 0 aliphatic heterocycles. The first-order valence-corrected chi connectivity index (χ1v) is 9.62. The molecule has 4 heteroatoms. The van der Waals surface area contributed by atoms with Gasteiger partial charge in [0, 0.05) is 49.7 Å². The molecule has 0 amide bonds. The molecule has 0 saturated carbocycles. The van der Waals surface area contributed by atoms with Crippen LogP contribution in [0.3, 0.4) is 0 Å². The smallest absolute Gasteiger partial charge is 0.0951 e. The fraction of sp³-hybridized carbons (Fsp3) is 0.167. The van der Waals surface area contributed by atoms with E-state index in [1.54, 1.807) is 0 Å². The van der Waals surface area contributed by atoms with Crippen molar-refractivity contribution in [3.05, 3.63) is 108 Å². The minimum absolute atomic E-state index is 0.814. The summed E-state index contributed by atoms with van der Waals surface area (Å²) in [6.07, 6.45) is 6.77. The normalized spacial score (nSPS) is 10.9. The molecule has 140 valence electrons. The summed E-state index contributed by atoms with van der Waals surface area (Å²) in [5, 5.41) is 3.51. The van der Waals surface area contributed by atoms with Crippen molar-refractivity contribution >= 4 is 0 Å². The highest BCUT2D eigenvalue weighted by atomic mass is 15.0. The summed E-state index contributed by atoms with van der Waals surface area (Å²) in [5.74, 6) is 0. The van der Waals surface area contributed by atoms with E-state index in [0.29, 0.717) is 0 Å². The van der Waals surface area contributed by atoms with E-state index in [0.717, 1.165) is 37.3 Å². The van der Waals surface area contributed by atoms with Gasteiger partial charge >= 0.3 is 0 Å². The highest BCUT2D eigenvalue weighted by Gasteiger charge is 2.03. The number of benzene rings is 2. The highest BCUT2D eigenvalue weighted by Crippen LogP contribution is 2.16. The van der Waals surface area contributed by atoms with Crippen LogP contribution in [0, 0.1) is 0 Å². The van der Waals surface area contributed by atoms with Gasteiger partial charge in [-0.05, 0) is 17.2 Å². The Labute approximate surface area is 165 Å². The van der Waals surface area contributed by atoms with Crippen LogP contribution >= 0.6 is 0 Å². The minimum Gasteiger partial charge on any atom is -0.330 e. The summed E-state index contributed by atoms with van der Waals surface area (Å²) in [5.41, 5.74) is 5.88.